The summed E-state index contributed by atoms with van der Waals surface area (Å²) in [4.78, 5) is 18.4. The van der Waals surface area contributed by atoms with Crippen LogP contribution in [0.3, 0.4) is 0 Å². The van der Waals surface area contributed by atoms with Gasteiger partial charge in [0.2, 0.25) is 0 Å². The van der Waals surface area contributed by atoms with Crippen LogP contribution in [0.1, 0.15) is 20.3 Å². The van der Waals surface area contributed by atoms with E-state index in [1.54, 1.807) is 6.92 Å². The van der Waals surface area contributed by atoms with Gasteiger partial charge in [-0.15, -0.1) is 0 Å². The topological polar surface area (TPSA) is 149 Å². The molecule has 8 nitrogen and oxygen atoms in total. The van der Waals surface area contributed by atoms with Crippen LogP contribution in [0.2, 0.25) is 0 Å². The van der Waals surface area contributed by atoms with Gasteiger partial charge in [0.25, 0.3) is 5.97 Å². The largest absolute Gasteiger partial charge is 0.481 e. The van der Waals surface area contributed by atoms with E-state index in [1.165, 1.54) is 0 Å². The summed E-state index contributed by atoms with van der Waals surface area (Å²) in [5, 5.41) is 15.1. The number of aliphatic carboxylic acids is 2. The Hall–Kier alpha value is 1.46. The number of rotatable bonds is 1. The van der Waals surface area contributed by atoms with Gasteiger partial charge in [-0.05, 0) is 0 Å². The molecule has 4 N–H and O–H groups in total. The van der Waals surface area contributed by atoms with Gasteiger partial charge in [-0.3, -0.25) is 18.7 Å². The molecule has 0 radical (unpaired) electrons. The first-order valence-electron chi connectivity index (χ1n) is 3.11. The Morgan fingerprint density at radius 2 is 1.06 bits per heavy atom. The van der Waals surface area contributed by atoms with E-state index in [0.717, 1.165) is 6.92 Å². The van der Waals surface area contributed by atoms with Gasteiger partial charge in [0, 0.05) is 92.0 Å². The van der Waals surface area contributed by atoms with Crippen LogP contribution in [-0.2, 0) is 98.6 Å². The molecule has 0 aliphatic carbocycles. The molecule has 98 valence electrons. The van der Waals surface area contributed by atoms with Gasteiger partial charge in [0.15, 0.2) is 0 Å². The molecular formula is C5H12O8SZr3. The molecule has 0 aromatic carbocycles. The first kappa shape index (κ1) is 36.2. The van der Waals surface area contributed by atoms with Crippen molar-refractivity contribution in [3.63, 3.8) is 0 Å². The van der Waals surface area contributed by atoms with Crippen LogP contribution in [0.5, 0.6) is 0 Å². The summed E-state index contributed by atoms with van der Waals surface area (Å²) in [7, 11) is -4.67. The van der Waals surface area contributed by atoms with Crippen molar-refractivity contribution in [2.75, 3.05) is 0 Å². The Balaban J connectivity index is -0.0000000247. The van der Waals surface area contributed by atoms with Gasteiger partial charge in [0.05, 0.1) is 0 Å². The van der Waals surface area contributed by atoms with Crippen LogP contribution >= 0.6 is 0 Å². The van der Waals surface area contributed by atoms with E-state index in [1.807, 2.05) is 0 Å². The quantitative estimate of drug-likeness (QED) is 0.361. The predicted octanol–water partition coefficient (Wildman–Crippen LogP) is -0.0884. The maximum atomic E-state index is 9.37. The second-order valence-electron chi connectivity index (χ2n) is 1.71. The van der Waals surface area contributed by atoms with Crippen molar-refractivity contribution in [1.29, 1.82) is 0 Å². The molecule has 0 heterocycles. The standard InChI is InChI=1S/C3H6O2.C2H4O2.H2O4S.3Zr/c1-2-3(4)5;1-2(3)4;1-5(2,3)4;;;/h2H2,1H3,(H,4,5);1H3,(H,3,4);(H2,1,2,3,4);;;. The average molecular weight is 506 g/mol. The third kappa shape index (κ3) is 349. The summed E-state index contributed by atoms with van der Waals surface area (Å²) in [5.74, 6) is -1.58. The van der Waals surface area contributed by atoms with Crippen molar-refractivity contribution in [1.82, 2.24) is 0 Å². The summed E-state index contributed by atoms with van der Waals surface area (Å²) in [5.41, 5.74) is 0. The first-order chi connectivity index (χ1) is 6.00. The fraction of sp³-hybridized carbons (Fsp3) is 0.600. The van der Waals surface area contributed by atoms with E-state index in [9.17, 15) is 4.79 Å². The van der Waals surface area contributed by atoms with Crippen LogP contribution in [-0.4, -0.2) is 39.7 Å². The van der Waals surface area contributed by atoms with Crippen molar-refractivity contribution >= 4 is 22.3 Å². The van der Waals surface area contributed by atoms with Crippen LogP contribution in [0.15, 0.2) is 0 Å². The van der Waals surface area contributed by atoms with E-state index in [4.69, 9.17) is 32.5 Å². The summed E-state index contributed by atoms with van der Waals surface area (Å²) < 4.78 is 31.6. The summed E-state index contributed by atoms with van der Waals surface area (Å²) >= 11 is 0. The number of carboxylic acids is 2. The zero-order valence-corrected chi connectivity index (χ0v) is 17.2. The molecule has 0 aromatic rings. The number of hydrogen-bond acceptors (Lipinski definition) is 4. The number of hydrogen-bond donors (Lipinski definition) is 4. The normalized spacial score (nSPS) is 7.06. The van der Waals surface area contributed by atoms with Gasteiger partial charge in [-0.1, -0.05) is 6.92 Å². The zero-order chi connectivity index (χ0) is 12.4. The van der Waals surface area contributed by atoms with Crippen molar-refractivity contribution in [2.24, 2.45) is 0 Å². The molecule has 0 aromatic heterocycles. The third-order valence-corrected chi connectivity index (χ3v) is 0.302. The molecule has 0 fully saturated rings. The minimum absolute atomic E-state index is 0. The summed E-state index contributed by atoms with van der Waals surface area (Å²) in [6.45, 7) is 2.68. The molecule has 0 spiro atoms. The van der Waals surface area contributed by atoms with E-state index in [0.29, 0.717) is 0 Å². The Bertz CT molecular complexity index is 252. The fourth-order valence-corrected chi connectivity index (χ4v) is 0. The predicted molar refractivity (Wildman–Crippen MR) is 45.4 cm³/mol. The molecule has 0 unspecified atom stereocenters. The Labute approximate surface area is 156 Å². The minimum atomic E-state index is -4.67. The van der Waals surface area contributed by atoms with Gasteiger partial charge in [-0.25, -0.2) is 0 Å². The first-order valence-corrected chi connectivity index (χ1v) is 4.51. The summed E-state index contributed by atoms with van der Waals surface area (Å²) in [6, 6.07) is 0. The molecular weight excluding hydrogens is 494 g/mol. The molecule has 0 rings (SSSR count). The molecule has 0 bridgehead atoms. The smallest absolute Gasteiger partial charge is 0.394 e. The van der Waals surface area contributed by atoms with Crippen LogP contribution in [0.25, 0.3) is 0 Å². The zero-order valence-electron chi connectivity index (χ0n) is 9.04. The molecule has 0 amide bonds. The van der Waals surface area contributed by atoms with E-state index in [2.05, 4.69) is 0 Å². The van der Waals surface area contributed by atoms with E-state index >= 15 is 0 Å². The SMILES string of the molecule is CC(=O)O.CCC(=O)O.O=S(=O)(O)O.[Zr].[Zr].[Zr]. The summed E-state index contributed by atoms with van der Waals surface area (Å²) in [6.07, 6.45) is 0.222. The number of carbonyl (C=O) groups is 2. The molecule has 0 aliphatic rings. The van der Waals surface area contributed by atoms with Crippen LogP contribution in [0.4, 0.5) is 0 Å². The second-order valence-corrected chi connectivity index (χ2v) is 2.61. The van der Waals surface area contributed by atoms with Gasteiger partial charge in [-0.2, -0.15) is 8.42 Å². The maximum absolute atomic E-state index is 9.37. The van der Waals surface area contributed by atoms with Crippen molar-refractivity contribution in [2.45, 2.75) is 20.3 Å². The maximum Gasteiger partial charge on any atom is 0.394 e. The van der Waals surface area contributed by atoms with Gasteiger partial charge in [0.1, 0.15) is 0 Å². The molecule has 0 saturated heterocycles. The average Bonchev–Trinajstić information content (AvgIpc) is 1.82. The Kier molecular flexibility index (Phi) is 48.2. The fourth-order valence-electron chi connectivity index (χ4n) is 0. The minimum Gasteiger partial charge on any atom is -0.481 e. The molecule has 0 atom stereocenters. The number of carboxylic acid groups (broad SMARTS) is 2. The molecule has 12 heteroatoms. The van der Waals surface area contributed by atoms with Crippen LogP contribution < -0.4 is 0 Å². The van der Waals surface area contributed by atoms with Crippen molar-refractivity contribution in [3.8, 4) is 0 Å². The Morgan fingerprint density at radius 1 is 1.00 bits per heavy atom. The monoisotopic (exact) mass is 502 g/mol. The van der Waals surface area contributed by atoms with Crippen molar-refractivity contribution in [3.05, 3.63) is 0 Å². The Morgan fingerprint density at radius 3 is 1.06 bits per heavy atom. The van der Waals surface area contributed by atoms with E-state index in [-0.39, 0.29) is 85.0 Å². The van der Waals surface area contributed by atoms with Gasteiger partial charge >= 0.3 is 16.4 Å². The van der Waals surface area contributed by atoms with Gasteiger partial charge < -0.3 is 10.2 Å². The second kappa shape index (κ2) is 22.6. The van der Waals surface area contributed by atoms with Crippen molar-refractivity contribution < 1.29 is 116 Å². The van der Waals surface area contributed by atoms with Crippen LogP contribution in [0, 0.1) is 0 Å². The molecule has 17 heavy (non-hydrogen) atoms. The van der Waals surface area contributed by atoms with E-state index < -0.39 is 22.3 Å². The molecule has 0 saturated carbocycles. The molecule has 0 aliphatic heterocycles. The third-order valence-electron chi connectivity index (χ3n) is 0.302.